The predicted octanol–water partition coefficient (Wildman–Crippen LogP) is 3.32. The van der Waals surface area contributed by atoms with Crippen molar-refractivity contribution >= 4 is 28.6 Å². The zero-order valence-electron chi connectivity index (χ0n) is 8.68. The molecule has 0 bridgehead atoms. The fourth-order valence-electron chi connectivity index (χ4n) is 1.16. The third-order valence-corrected chi connectivity index (χ3v) is 3.58. The van der Waals surface area contributed by atoms with Gasteiger partial charge in [0, 0.05) is 10.8 Å². The fraction of sp³-hybridized carbons (Fsp3) is 0.900. The van der Waals surface area contributed by atoms with Crippen molar-refractivity contribution in [2.75, 3.05) is 0 Å². The van der Waals surface area contributed by atoms with Crippen LogP contribution >= 0.6 is 22.6 Å². The lowest BCUT2D eigenvalue weighted by Gasteiger charge is -2.17. The summed E-state index contributed by atoms with van der Waals surface area (Å²) in [5.41, 5.74) is 0. The Kier molecular flexibility index (Phi) is 7.71. The van der Waals surface area contributed by atoms with Gasteiger partial charge in [0.05, 0.1) is 0 Å². The zero-order valence-corrected chi connectivity index (χ0v) is 10.8. The molecule has 0 radical (unpaired) electrons. The summed E-state index contributed by atoms with van der Waals surface area (Å²) in [7, 11) is 0. The summed E-state index contributed by atoms with van der Waals surface area (Å²) >= 11 is 2.36. The SMILES string of the molecule is CCCCCC(I)C(C)OC(C)=O. The van der Waals surface area contributed by atoms with E-state index in [2.05, 4.69) is 29.5 Å². The van der Waals surface area contributed by atoms with E-state index in [1.807, 2.05) is 6.92 Å². The average Bonchev–Trinajstić information content (AvgIpc) is 2.03. The normalized spacial score (nSPS) is 15.1. The van der Waals surface area contributed by atoms with E-state index in [-0.39, 0.29) is 12.1 Å². The molecule has 0 rings (SSSR count). The molecule has 0 aromatic carbocycles. The lowest BCUT2D eigenvalue weighted by molar-refractivity contribution is -0.145. The van der Waals surface area contributed by atoms with E-state index >= 15 is 0 Å². The Morgan fingerprint density at radius 2 is 2.08 bits per heavy atom. The molecular weight excluding hydrogens is 279 g/mol. The molecule has 0 fully saturated rings. The molecule has 2 nitrogen and oxygen atoms in total. The van der Waals surface area contributed by atoms with Crippen molar-refractivity contribution in [1.82, 2.24) is 0 Å². The van der Waals surface area contributed by atoms with Gasteiger partial charge in [-0.25, -0.2) is 0 Å². The Balaban J connectivity index is 3.56. The van der Waals surface area contributed by atoms with Crippen molar-refractivity contribution in [3.05, 3.63) is 0 Å². The molecule has 0 aliphatic carbocycles. The van der Waals surface area contributed by atoms with Gasteiger partial charge in [0.25, 0.3) is 0 Å². The molecule has 0 spiro atoms. The molecule has 2 unspecified atom stereocenters. The first kappa shape index (κ1) is 13.2. The third-order valence-electron chi connectivity index (χ3n) is 1.94. The highest BCUT2D eigenvalue weighted by Gasteiger charge is 2.15. The average molecular weight is 298 g/mol. The maximum absolute atomic E-state index is 10.7. The van der Waals surface area contributed by atoms with Gasteiger partial charge in [0.2, 0.25) is 0 Å². The minimum Gasteiger partial charge on any atom is -0.462 e. The van der Waals surface area contributed by atoms with E-state index in [0.717, 1.165) is 6.42 Å². The van der Waals surface area contributed by atoms with Crippen LogP contribution in [0.15, 0.2) is 0 Å². The highest BCUT2D eigenvalue weighted by atomic mass is 127. The fourth-order valence-corrected chi connectivity index (χ4v) is 1.75. The second-order valence-corrected chi connectivity index (χ2v) is 4.93. The zero-order chi connectivity index (χ0) is 10.3. The molecule has 78 valence electrons. The first-order valence-electron chi connectivity index (χ1n) is 4.89. The summed E-state index contributed by atoms with van der Waals surface area (Å²) in [6, 6.07) is 0. The number of rotatable bonds is 6. The number of hydrogen-bond donors (Lipinski definition) is 0. The predicted molar refractivity (Wildman–Crippen MR) is 63.2 cm³/mol. The van der Waals surface area contributed by atoms with Gasteiger partial charge in [0.1, 0.15) is 6.10 Å². The van der Waals surface area contributed by atoms with Gasteiger partial charge in [-0.15, -0.1) is 0 Å². The van der Waals surface area contributed by atoms with Crippen LogP contribution in [-0.2, 0) is 9.53 Å². The molecule has 13 heavy (non-hydrogen) atoms. The van der Waals surface area contributed by atoms with Crippen LogP contribution < -0.4 is 0 Å². The molecule has 0 saturated heterocycles. The Morgan fingerprint density at radius 3 is 2.54 bits per heavy atom. The molecule has 0 aromatic heterocycles. The lowest BCUT2D eigenvalue weighted by Crippen LogP contribution is -2.22. The third kappa shape index (κ3) is 7.28. The Bertz CT molecular complexity index is 148. The molecule has 0 aromatic rings. The van der Waals surface area contributed by atoms with Gasteiger partial charge < -0.3 is 4.74 Å². The summed E-state index contributed by atoms with van der Waals surface area (Å²) in [6.45, 7) is 5.62. The van der Waals surface area contributed by atoms with E-state index in [4.69, 9.17) is 4.74 Å². The van der Waals surface area contributed by atoms with Crippen LogP contribution in [0, 0.1) is 0 Å². The summed E-state index contributed by atoms with van der Waals surface area (Å²) in [4.78, 5) is 10.7. The van der Waals surface area contributed by atoms with Crippen molar-refractivity contribution in [2.24, 2.45) is 0 Å². The number of unbranched alkanes of at least 4 members (excludes halogenated alkanes) is 2. The van der Waals surface area contributed by atoms with Crippen molar-refractivity contribution in [3.63, 3.8) is 0 Å². The Morgan fingerprint density at radius 1 is 1.46 bits per heavy atom. The van der Waals surface area contributed by atoms with Crippen LogP contribution in [0.25, 0.3) is 0 Å². The quantitative estimate of drug-likeness (QED) is 0.325. The highest BCUT2D eigenvalue weighted by Crippen LogP contribution is 2.17. The summed E-state index contributed by atoms with van der Waals surface area (Å²) in [6.07, 6.45) is 4.94. The first-order valence-corrected chi connectivity index (χ1v) is 6.13. The standard InChI is InChI=1S/C10H19IO2/c1-4-5-6-7-10(11)8(2)13-9(3)12/h8,10H,4-7H2,1-3H3. The number of carbonyl (C=O) groups excluding carboxylic acids is 1. The maximum Gasteiger partial charge on any atom is 0.302 e. The lowest BCUT2D eigenvalue weighted by atomic mass is 10.1. The number of halogens is 1. The van der Waals surface area contributed by atoms with Gasteiger partial charge in [-0.1, -0.05) is 48.8 Å². The van der Waals surface area contributed by atoms with E-state index in [1.54, 1.807) is 0 Å². The minimum absolute atomic E-state index is 0.0509. The molecule has 0 aliphatic heterocycles. The van der Waals surface area contributed by atoms with Crippen molar-refractivity contribution in [1.29, 1.82) is 0 Å². The number of ether oxygens (including phenoxy) is 1. The minimum atomic E-state index is -0.176. The van der Waals surface area contributed by atoms with Crippen LogP contribution in [0.1, 0.15) is 46.5 Å². The molecule has 0 N–H and O–H groups in total. The van der Waals surface area contributed by atoms with Crippen LogP contribution in [0.3, 0.4) is 0 Å². The van der Waals surface area contributed by atoms with Gasteiger partial charge >= 0.3 is 5.97 Å². The molecule has 2 atom stereocenters. The van der Waals surface area contributed by atoms with E-state index in [9.17, 15) is 4.79 Å². The second kappa shape index (κ2) is 7.59. The number of alkyl halides is 1. The van der Waals surface area contributed by atoms with Crippen molar-refractivity contribution < 1.29 is 9.53 Å². The molecule has 0 aliphatic rings. The van der Waals surface area contributed by atoms with Crippen LogP contribution in [-0.4, -0.2) is 16.0 Å². The number of hydrogen-bond acceptors (Lipinski definition) is 2. The summed E-state index contributed by atoms with van der Waals surface area (Å²) in [5, 5.41) is 0. The largest absolute Gasteiger partial charge is 0.462 e. The van der Waals surface area contributed by atoms with E-state index in [1.165, 1.54) is 26.2 Å². The van der Waals surface area contributed by atoms with Gasteiger partial charge in [-0.3, -0.25) is 4.79 Å². The maximum atomic E-state index is 10.7. The summed E-state index contributed by atoms with van der Waals surface area (Å²) < 4.78 is 5.55. The Hall–Kier alpha value is 0.200. The number of carbonyl (C=O) groups is 1. The second-order valence-electron chi connectivity index (χ2n) is 3.33. The summed E-state index contributed by atoms with van der Waals surface area (Å²) in [5.74, 6) is -0.176. The van der Waals surface area contributed by atoms with Gasteiger partial charge in [-0.2, -0.15) is 0 Å². The van der Waals surface area contributed by atoms with E-state index in [0.29, 0.717) is 3.92 Å². The molecule has 3 heteroatoms. The van der Waals surface area contributed by atoms with Crippen LogP contribution in [0.2, 0.25) is 0 Å². The number of esters is 1. The molecule has 0 saturated carbocycles. The van der Waals surface area contributed by atoms with Gasteiger partial charge in [-0.05, 0) is 13.3 Å². The Labute approximate surface area is 94.6 Å². The smallest absolute Gasteiger partial charge is 0.302 e. The van der Waals surface area contributed by atoms with Crippen LogP contribution in [0.5, 0.6) is 0 Å². The van der Waals surface area contributed by atoms with Crippen LogP contribution in [0.4, 0.5) is 0 Å². The van der Waals surface area contributed by atoms with Crippen molar-refractivity contribution in [2.45, 2.75) is 56.5 Å². The van der Waals surface area contributed by atoms with Gasteiger partial charge in [0.15, 0.2) is 0 Å². The molecular formula is C10H19IO2. The van der Waals surface area contributed by atoms with E-state index < -0.39 is 0 Å². The highest BCUT2D eigenvalue weighted by molar-refractivity contribution is 14.1. The first-order chi connectivity index (χ1) is 6.07. The van der Waals surface area contributed by atoms with Crippen molar-refractivity contribution in [3.8, 4) is 0 Å². The molecule has 0 amide bonds. The monoisotopic (exact) mass is 298 g/mol. The topological polar surface area (TPSA) is 26.3 Å². The molecule has 0 heterocycles.